The molecule has 2 rings (SSSR count). The zero-order valence-electron chi connectivity index (χ0n) is 11.6. The molecule has 0 unspecified atom stereocenters. The van der Waals surface area contributed by atoms with E-state index in [-0.39, 0.29) is 6.61 Å². The second-order valence-electron chi connectivity index (χ2n) is 4.47. The van der Waals surface area contributed by atoms with Gasteiger partial charge in [-0.1, -0.05) is 6.92 Å². The third kappa shape index (κ3) is 3.18. The van der Waals surface area contributed by atoms with Crippen LogP contribution in [-0.2, 0) is 20.1 Å². The van der Waals surface area contributed by atoms with Crippen molar-refractivity contribution >= 4 is 5.97 Å². The van der Waals surface area contributed by atoms with Crippen LogP contribution in [0.1, 0.15) is 28.7 Å². The molecule has 0 saturated heterocycles. The Morgan fingerprint density at radius 2 is 1.95 bits per heavy atom. The number of carboxylic acid groups (broad SMARTS) is 1. The fourth-order valence-corrected chi connectivity index (χ4v) is 1.85. The SMILES string of the molecule is CCc1cc(COc2c(F)cc(C(=O)O)cc2F)n(C)n1. The summed E-state index contributed by atoms with van der Waals surface area (Å²) in [6, 6.07) is 3.23. The van der Waals surface area contributed by atoms with Gasteiger partial charge in [0.05, 0.1) is 17.0 Å². The molecule has 0 aliphatic heterocycles. The Morgan fingerprint density at radius 3 is 2.43 bits per heavy atom. The normalized spacial score (nSPS) is 10.7. The van der Waals surface area contributed by atoms with Gasteiger partial charge in [-0.05, 0) is 24.6 Å². The topological polar surface area (TPSA) is 64.3 Å². The molecule has 2 aromatic rings. The summed E-state index contributed by atoms with van der Waals surface area (Å²) >= 11 is 0. The second-order valence-corrected chi connectivity index (χ2v) is 4.47. The van der Waals surface area contributed by atoms with E-state index in [1.165, 1.54) is 0 Å². The first-order valence-corrected chi connectivity index (χ1v) is 6.29. The minimum absolute atomic E-state index is 0.0657. The van der Waals surface area contributed by atoms with Crippen molar-refractivity contribution in [1.82, 2.24) is 9.78 Å². The summed E-state index contributed by atoms with van der Waals surface area (Å²) in [5.74, 6) is -4.10. The number of halogens is 2. The number of nitrogens with zero attached hydrogens (tertiary/aromatic N) is 2. The third-order valence-corrected chi connectivity index (χ3v) is 3.00. The molecule has 1 heterocycles. The molecule has 1 aromatic carbocycles. The van der Waals surface area contributed by atoms with Crippen LogP contribution in [0, 0.1) is 11.6 Å². The van der Waals surface area contributed by atoms with Crippen molar-refractivity contribution in [3.8, 4) is 5.75 Å². The molecule has 0 bridgehead atoms. The van der Waals surface area contributed by atoms with Crippen molar-refractivity contribution in [2.24, 2.45) is 7.05 Å². The molecule has 0 fully saturated rings. The van der Waals surface area contributed by atoms with Gasteiger partial charge in [0.25, 0.3) is 0 Å². The first-order chi connectivity index (χ1) is 9.92. The van der Waals surface area contributed by atoms with Crippen LogP contribution < -0.4 is 4.74 Å². The van der Waals surface area contributed by atoms with Crippen LogP contribution in [0.2, 0.25) is 0 Å². The van der Waals surface area contributed by atoms with E-state index in [9.17, 15) is 13.6 Å². The van der Waals surface area contributed by atoms with Crippen molar-refractivity contribution in [1.29, 1.82) is 0 Å². The largest absolute Gasteiger partial charge is 0.481 e. The second kappa shape index (κ2) is 5.90. The number of hydrogen-bond acceptors (Lipinski definition) is 3. The Morgan fingerprint density at radius 1 is 1.33 bits per heavy atom. The maximum atomic E-state index is 13.7. The van der Waals surface area contributed by atoms with Crippen LogP contribution in [-0.4, -0.2) is 20.9 Å². The van der Waals surface area contributed by atoms with Gasteiger partial charge in [0.1, 0.15) is 6.61 Å². The minimum Gasteiger partial charge on any atom is -0.481 e. The van der Waals surface area contributed by atoms with E-state index in [1.54, 1.807) is 17.8 Å². The average molecular weight is 296 g/mol. The number of ether oxygens (including phenoxy) is 1. The zero-order valence-corrected chi connectivity index (χ0v) is 11.6. The number of aromatic nitrogens is 2. The standard InChI is InChI=1S/C14H14F2N2O3/c1-3-9-6-10(18(2)17-9)7-21-13-11(15)4-8(14(19)20)5-12(13)16/h4-6H,3,7H2,1-2H3,(H,19,20). The maximum Gasteiger partial charge on any atom is 0.335 e. The van der Waals surface area contributed by atoms with Crippen molar-refractivity contribution < 1.29 is 23.4 Å². The first-order valence-electron chi connectivity index (χ1n) is 6.29. The molecule has 1 aromatic heterocycles. The molecule has 0 amide bonds. The Kier molecular flexibility index (Phi) is 4.21. The predicted octanol–water partition coefficient (Wildman–Crippen LogP) is 2.54. The highest BCUT2D eigenvalue weighted by Gasteiger charge is 2.16. The lowest BCUT2D eigenvalue weighted by Gasteiger charge is -2.09. The van der Waals surface area contributed by atoms with Gasteiger partial charge in [0.15, 0.2) is 17.4 Å². The van der Waals surface area contributed by atoms with E-state index in [2.05, 4.69) is 5.10 Å². The highest BCUT2D eigenvalue weighted by Crippen LogP contribution is 2.24. The number of aromatic carboxylic acids is 1. The molecule has 5 nitrogen and oxygen atoms in total. The van der Waals surface area contributed by atoms with Gasteiger partial charge in [-0.25, -0.2) is 13.6 Å². The summed E-state index contributed by atoms with van der Waals surface area (Å²) in [5, 5.41) is 12.9. The van der Waals surface area contributed by atoms with Crippen LogP contribution in [0.4, 0.5) is 8.78 Å². The summed E-state index contributed by atoms with van der Waals surface area (Å²) in [7, 11) is 1.71. The highest BCUT2D eigenvalue weighted by atomic mass is 19.1. The summed E-state index contributed by atoms with van der Waals surface area (Å²) in [4.78, 5) is 10.7. The molecule has 112 valence electrons. The van der Waals surface area contributed by atoms with Crippen LogP contribution in [0.5, 0.6) is 5.75 Å². The lowest BCUT2D eigenvalue weighted by Crippen LogP contribution is -2.06. The molecule has 0 saturated carbocycles. The highest BCUT2D eigenvalue weighted by molar-refractivity contribution is 5.87. The minimum atomic E-state index is -1.40. The Labute approximate surface area is 119 Å². The molecular formula is C14H14F2N2O3. The van der Waals surface area contributed by atoms with E-state index in [0.717, 1.165) is 24.2 Å². The van der Waals surface area contributed by atoms with E-state index >= 15 is 0 Å². The smallest absolute Gasteiger partial charge is 0.335 e. The number of benzene rings is 1. The third-order valence-electron chi connectivity index (χ3n) is 3.00. The number of aryl methyl sites for hydroxylation is 2. The van der Waals surface area contributed by atoms with Crippen molar-refractivity contribution in [3.05, 3.63) is 46.8 Å². The lowest BCUT2D eigenvalue weighted by molar-refractivity contribution is 0.0695. The van der Waals surface area contributed by atoms with Gasteiger partial charge in [0.2, 0.25) is 0 Å². The Balaban J connectivity index is 2.20. The Hall–Kier alpha value is -2.44. The fraction of sp³-hybridized carbons (Fsp3) is 0.286. The summed E-state index contributed by atoms with van der Waals surface area (Å²) in [6.07, 6.45) is 0.740. The molecule has 0 atom stereocenters. The monoisotopic (exact) mass is 296 g/mol. The molecule has 0 radical (unpaired) electrons. The molecule has 0 aliphatic carbocycles. The molecule has 0 aliphatic rings. The van der Waals surface area contributed by atoms with Gasteiger partial charge < -0.3 is 9.84 Å². The summed E-state index contributed by atoms with van der Waals surface area (Å²) in [5.41, 5.74) is 1.04. The summed E-state index contributed by atoms with van der Waals surface area (Å²) in [6.45, 7) is 1.88. The van der Waals surface area contributed by atoms with E-state index in [1.807, 2.05) is 6.92 Å². The molecule has 21 heavy (non-hydrogen) atoms. The molecule has 7 heteroatoms. The van der Waals surface area contributed by atoms with Crippen LogP contribution in [0.3, 0.4) is 0 Å². The number of rotatable bonds is 5. The number of carbonyl (C=O) groups is 1. The summed E-state index contributed by atoms with van der Waals surface area (Å²) < 4.78 is 34.1. The van der Waals surface area contributed by atoms with Gasteiger partial charge in [-0.3, -0.25) is 4.68 Å². The van der Waals surface area contributed by atoms with Crippen molar-refractivity contribution in [2.45, 2.75) is 20.0 Å². The van der Waals surface area contributed by atoms with Crippen molar-refractivity contribution in [3.63, 3.8) is 0 Å². The van der Waals surface area contributed by atoms with Gasteiger partial charge in [-0.15, -0.1) is 0 Å². The van der Waals surface area contributed by atoms with Crippen LogP contribution >= 0.6 is 0 Å². The van der Waals surface area contributed by atoms with Crippen LogP contribution in [0.25, 0.3) is 0 Å². The van der Waals surface area contributed by atoms with E-state index in [4.69, 9.17) is 9.84 Å². The lowest BCUT2D eigenvalue weighted by atomic mass is 10.2. The molecule has 0 spiro atoms. The fourth-order valence-electron chi connectivity index (χ4n) is 1.85. The quantitative estimate of drug-likeness (QED) is 0.921. The van der Waals surface area contributed by atoms with Gasteiger partial charge >= 0.3 is 5.97 Å². The zero-order chi connectivity index (χ0) is 15.6. The van der Waals surface area contributed by atoms with Crippen LogP contribution in [0.15, 0.2) is 18.2 Å². The average Bonchev–Trinajstić information content (AvgIpc) is 2.78. The maximum absolute atomic E-state index is 13.7. The first kappa shape index (κ1) is 15.0. The number of carboxylic acids is 1. The van der Waals surface area contributed by atoms with Gasteiger partial charge in [-0.2, -0.15) is 5.10 Å². The molecular weight excluding hydrogens is 282 g/mol. The molecule has 1 N–H and O–H groups in total. The van der Waals surface area contributed by atoms with E-state index < -0.39 is 28.9 Å². The predicted molar refractivity (Wildman–Crippen MR) is 70.2 cm³/mol. The Bertz CT molecular complexity index is 660. The van der Waals surface area contributed by atoms with E-state index in [0.29, 0.717) is 5.69 Å². The van der Waals surface area contributed by atoms with Crippen molar-refractivity contribution in [2.75, 3.05) is 0 Å². The number of hydrogen-bond donors (Lipinski definition) is 1. The van der Waals surface area contributed by atoms with Gasteiger partial charge in [0, 0.05) is 7.05 Å².